The van der Waals surface area contributed by atoms with Gasteiger partial charge in [-0.25, -0.2) is 4.98 Å². The second-order valence-electron chi connectivity index (χ2n) is 6.43. The number of hydrogen-bond acceptors (Lipinski definition) is 4. The van der Waals surface area contributed by atoms with Crippen LogP contribution in [0, 0.1) is 12.8 Å². The van der Waals surface area contributed by atoms with Gasteiger partial charge >= 0.3 is 0 Å². The lowest BCUT2D eigenvalue weighted by Crippen LogP contribution is -2.38. The molecule has 0 radical (unpaired) electrons. The van der Waals surface area contributed by atoms with Gasteiger partial charge in [0.05, 0.1) is 19.2 Å². The van der Waals surface area contributed by atoms with Crippen LogP contribution >= 0.6 is 35.3 Å². The minimum atomic E-state index is 0. The van der Waals surface area contributed by atoms with Crippen molar-refractivity contribution < 1.29 is 4.74 Å². The summed E-state index contributed by atoms with van der Waals surface area (Å²) in [6.07, 6.45) is 1.89. The summed E-state index contributed by atoms with van der Waals surface area (Å²) in [5.41, 5.74) is 1.19. The quantitative estimate of drug-likeness (QED) is 0.342. The van der Waals surface area contributed by atoms with Crippen LogP contribution in [0.5, 0.6) is 5.75 Å². The average Bonchev–Trinajstić information content (AvgIpc) is 3.02. The molecule has 0 amide bonds. The minimum Gasteiger partial charge on any atom is -0.493 e. The highest BCUT2D eigenvalue weighted by molar-refractivity contribution is 14.0. The fourth-order valence-electron chi connectivity index (χ4n) is 2.24. The van der Waals surface area contributed by atoms with Gasteiger partial charge in [0.1, 0.15) is 10.8 Å². The molecular formula is C19H29IN4OS. The second-order valence-corrected chi connectivity index (χ2v) is 7.75. The summed E-state index contributed by atoms with van der Waals surface area (Å²) >= 11 is 1.69. The number of halogens is 1. The molecule has 1 aromatic carbocycles. The number of rotatable bonds is 7. The SMILES string of the molecule is CN=C(NCc1ncc(C)s1)NC(C)c1ccc(OCC(C)C)cc1.I. The first kappa shape index (κ1) is 22.7. The highest BCUT2D eigenvalue weighted by Gasteiger charge is 2.09. The van der Waals surface area contributed by atoms with Crippen LogP contribution in [-0.2, 0) is 6.54 Å². The lowest BCUT2D eigenvalue weighted by Gasteiger charge is -2.18. The Balaban J connectivity index is 0.00000338. The van der Waals surface area contributed by atoms with E-state index in [1.165, 1.54) is 10.4 Å². The molecular weight excluding hydrogens is 459 g/mol. The Labute approximate surface area is 177 Å². The highest BCUT2D eigenvalue weighted by Crippen LogP contribution is 2.18. The minimum absolute atomic E-state index is 0. The van der Waals surface area contributed by atoms with Crippen molar-refractivity contribution in [2.24, 2.45) is 10.9 Å². The van der Waals surface area contributed by atoms with Gasteiger partial charge in [-0.3, -0.25) is 4.99 Å². The number of aliphatic imine (C=N–C) groups is 1. The lowest BCUT2D eigenvalue weighted by atomic mass is 10.1. The van der Waals surface area contributed by atoms with Crippen molar-refractivity contribution in [3.8, 4) is 5.75 Å². The molecule has 144 valence electrons. The molecule has 0 fully saturated rings. The van der Waals surface area contributed by atoms with E-state index in [0.29, 0.717) is 12.5 Å². The zero-order chi connectivity index (χ0) is 18.2. The van der Waals surface area contributed by atoms with E-state index in [-0.39, 0.29) is 30.0 Å². The van der Waals surface area contributed by atoms with Crippen molar-refractivity contribution in [2.45, 2.75) is 40.3 Å². The predicted octanol–water partition coefficient (Wildman–Crippen LogP) is 4.53. The normalized spacial score (nSPS) is 12.5. The fraction of sp³-hybridized carbons (Fsp3) is 0.474. The lowest BCUT2D eigenvalue weighted by molar-refractivity contribution is 0.271. The van der Waals surface area contributed by atoms with Crippen LogP contribution in [0.15, 0.2) is 35.5 Å². The fourth-order valence-corrected chi connectivity index (χ4v) is 2.97. The maximum absolute atomic E-state index is 5.73. The number of thiazole rings is 1. The van der Waals surface area contributed by atoms with Crippen molar-refractivity contribution in [3.05, 3.63) is 45.9 Å². The first-order valence-corrected chi connectivity index (χ1v) is 9.40. The molecule has 0 aliphatic heterocycles. The van der Waals surface area contributed by atoms with Crippen LogP contribution < -0.4 is 15.4 Å². The third kappa shape index (κ3) is 7.49. The first-order valence-electron chi connectivity index (χ1n) is 8.59. The maximum Gasteiger partial charge on any atom is 0.191 e. The van der Waals surface area contributed by atoms with Crippen LogP contribution in [0.2, 0.25) is 0 Å². The van der Waals surface area contributed by atoms with E-state index in [4.69, 9.17) is 4.74 Å². The Bertz CT molecular complexity index is 685. The van der Waals surface area contributed by atoms with E-state index in [9.17, 15) is 0 Å². The Hall–Kier alpha value is -1.35. The summed E-state index contributed by atoms with van der Waals surface area (Å²) in [4.78, 5) is 9.86. The summed E-state index contributed by atoms with van der Waals surface area (Å²) in [6.45, 7) is 9.88. The van der Waals surface area contributed by atoms with Gasteiger partial charge in [-0.05, 0) is 37.5 Å². The van der Waals surface area contributed by atoms with Gasteiger partial charge in [0.15, 0.2) is 5.96 Å². The van der Waals surface area contributed by atoms with Crippen LogP contribution in [0.1, 0.15) is 42.3 Å². The number of aryl methyl sites for hydroxylation is 1. The van der Waals surface area contributed by atoms with Gasteiger partial charge in [-0.2, -0.15) is 0 Å². The van der Waals surface area contributed by atoms with E-state index in [0.717, 1.165) is 23.3 Å². The average molecular weight is 488 g/mol. The Morgan fingerprint density at radius 3 is 2.46 bits per heavy atom. The molecule has 2 rings (SSSR count). The van der Waals surface area contributed by atoms with Crippen LogP contribution in [0.3, 0.4) is 0 Å². The second kappa shape index (κ2) is 11.4. The van der Waals surface area contributed by atoms with E-state index in [1.54, 1.807) is 18.4 Å². The molecule has 1 unspecified atom stereocenters. The van der Waals surface area contributed by atoms with Gasteiger partial charge < -0.3 is 15.4 Å². The summed E-state index contributed by atoms with van der Waals surface area (Å²) in [5.74, 6) is 2.20. The summed E-state index contributed by atoms with van der Waals surface area (Å²) in [7, 11) is 1.78. The maximum atomic E-state index is 5.73. The number of nitrogens with zero attached hydrogens (tertiary/aromatic N) is 2. The van der Waals surface area contributed by atoms with Crippen molar-refractivity contribution in [2.75, 3.05) is 13.7 Å². The van der Waals surface area contributed by atoms with E-state index in [1.807, 2.05) is 18.3 Å². The Morgan fingerprint density at radius 2 is 1.92 bits per heavy atom. The van der Waals surface area contributed by atoms with Crippen LogP contribution in [0.25, 0.3) is 0 Å². The molecule has 1 aromatic heterocycles. The number of nitrogens with one attached hydrogen (secondary N) is 2. The predicted molar refractivity (Wildman–Crippen MR) is 121 cm³/mol. The van der Waals surface area contributed by atoms with Crippen molar-refractivity contribution in [3.63, 3.8) is 0 Å². The van der Waals surface area contributed by atoms with Gasteiger partial charge in [-0.1, -0.05) is 26.0 Å². The summed E-state index contributed by atoms with van der Waals surface area (Å²) < 4.78 is 5.73. The molecule has 0 aliphatic carbocycles. The number of aromatic nitrogens is 1. The summed E-state index contributed by atoms with van der Waals surface area (Å²) in [5, 5.41) is 7.77. The van der Waals surface area contributed by atoms with E-state index < -0.39 is 0 Å². The smallest absolute Gasteiger partial charge is 0.191 e. The highest BCUT2D eigenvalue weighted by atomic mass is 127. The molecule has 2 N–H and O–H groups in total. The van der Waals surface area contributed by atoms with E-state index in [2.05, 4.69) is 60.4 Å². The zero-order valence-electron chi connectivity index (χ0n) is 16.1. The molecule has 0 bridgehead atoms. The standard InChI is InChI=1S/C19H28N4OS.HI/c1-13(2)12-24-17-8-6-16(7-9-17)15(4)23-19(20-5)22-11-18-21-10-14(3)25-18;/h6-10,13,15H,11-12H2,1-5H3,(H2,20,22,23);1H. The van der Waals surface area contributed by atoms with Crippen molar-refractivity contribution in [1.29, 1.82) is 0 Å². The third-order valence-electron chi connectivity index (χ3n) is 3.62. The molecule has 7 heteroatoms. The van der Waals surface area contributed by atoms with Gasteiger partial charge in [0, 0.05) is 18.1 Å². The van der Waals surface area contributed by atoms with Crippen molar-refractivity contribution in [1.82, 2.24) is 15.6 Å². The van der Waals surface area contributed by atoms with Crippen LogP contribution in [-0.4, -0.2) is 24.6 Å². The number of ether oxygens (including phenoxy) is 1. The number of guanidine groups is 1. The Kier molecular flexibility index (Phi) is 9.93. The molecule has 5 nitrogen and oxygen atoms in total. The summed E-state index contributed by atoms with van der Waals surface area (Å²) in [6, 6.07) is 8.35. The molecule has 0 saturated heterocycles. The molecule has 0 aliphatic rings. The monoisotopic (exact) mass is 488 g/mol. The molecule has 0 spiro atoms. The third-order valence-corrected chi connectivity index (χ3v) is 4.53. The molecule has 1 heterocycles. The first-order chi connectivity index (χ1) is 12.0. The van der Waals surface area contributed by atoms with Gasteiger partial charge in [0.2, 0.25) is 0 Å². The molecule has 0 saturated carbocycles. The van der Waals surface area contributed by atoms with Gasteiger partial charge in [0.25, 0.3) is 0 Å². The molecule has 2 aromatic rings. The molecule has 1 atom stereocenters. The number of benzene rings is 1. The Morgan fingerprint density at radius 1 is 1.23 bits per heavy atom. The zero-order valence-corrected chi connectivity index (χ0v) is 19.2. The van der Waals surface area contributed by atoms with E-state index >= 15 is 0 Å². The van der Waals surface area contributed by atoms with Crippen LogP contribution in [0.4, 0.5) is 0 Å². The largest absolute Gasteiger partial charge is 0.493 e. The molecule has 26 heavy (non-hydrogen) atoms. The number of hydrogen-bond donors (Lipinski definition) is 2. The van der Waals surface area contributed by atoms with Crippen molar-refractivity contribution >= 4 is 41.3 Å². The topological polar surface area (TPSA) is 58.5 Å². The van der Waals surface area contributed by atoms with Gasteiger partial charge in [-0.15, -0.1) is 35.3 Å².